The third-order valence-electron chi connectivity index (χ3n) is 2.82. The van der Waals surface area contributed by atoms with Crippen LogP contribution >= 0.6 is 23.2 Å². The maximum absolute atomic E-state index is 12.3. The van der Waals surface area contributed by atoms with Crippen LogP contribution in [0.25, 0.3) is 0 Å². The van der Waals surface area contributed by atoms with E-state index < -0.39 is 15.3 Å². The molecule has 108 valence electrons. The smallest absolute Gasteiger partial charge is 0.212 e. The minimum Gasteiger partial charge on any atom is -0.212 e. The van der Waals surface area contributed by atoms with Crippen molar-refractivity contribution in [1.29, 1.82) is 0 Å². The highest BCUT2D eigenvalue weighted by molar-refractivity contribution is 7.89. The highest BCUT2D eigenvalue weighted by atomic mass is 35.5. The lowest BCUT2D eigenvalue weighted by atomic mass is 10.2. The first-order chi connectivity index (χ1) is 8.66. The standard InChI is InChI=1S/C13H19Cl2NO2S/c1-9(2)16(19(17,18)10(3)4)8-11-5-6-12(14)13(15)7-11/h5-7,9-10H,8H2,1-4H3. The molecule has 0 heterocycles. The molecule has 0 aliphatic rings. The minimum atomic E-state index is -3.30. The first kappa shape index (κ1) is 16.8. The van der Waals surface area contributed by atoms with Gasteiger partial charge in [0.05, 0.1) is 15.3 Å². The second kappa shape index (κ2) is 6.44. The fraction of sp³-hybridized carbons (Fsp3) is 0.538. The molecule has 6 heteroatoms. The quantitative estimate of drug-likeness (QED) is 0.822. The molecule has 0 saturated carbocycles. The van der Waals surface area contributed by atoms with E-state index in [4.69, 9.17) is 23.2 Å². The van der Waals surface area contributed by atoms with E-state index in [-0.39, 0.29) is 6.04 Å². The van der Waals surface area contributed by atoms with Gasteiger partial charge in [-0.05, 0) is 45.4 Å². The van der Waals surface area contributed by atoms with Crippen LogP contribution in [0.5, 0.6) is 0 Å². The van der Waals surface area contributed by atoms with Crippen LogP contribution < -0.4 is 0 Å². The lowest BCUT2D eigenvalue weighted by Gasteiger charge is -2.28. The summed E-state index contributed by atoms with van der Waals surface area (Å²) in [6.07, 6.45) is 0. The number of benzene rings is 1. The summed E-state index contributed by atoms with van der Waals surface area (Å²) in [6.45, 7) is 7.38. The largest absolute Gasteiger partial charge is 0.216 e. The molecule has 0 N–H and O–H groups in total. The maximum Gasteiger partial charge on any atom is 0.216 e. The van der Waals surface area contributed by atoms with Gasteiger partial charge in [-0.1, -0.05) is 29.3 Å². The SMILES string of the molecule is CC(C)N(Cc1ccc(Cl)c(Cl)c1)S(=O)(=O)C(C)C. The number of hydrogen-bond acceptors (Lipinski definition) is 2. The Morgan fingerprint density at radius 3 is 2.11 bits per heavy atom. The molecule has 0 aliphatic carbocycles. The van der Waals surface area contributed by atoms with Gasteiger partial charge in [-0.3, -0.25) is 0 Å². The van der Waals surface area contributed by atoms with Crippen LogP contribution in [0.2, 0.25) is 10.0 Å². The van der Waals surface area contributed by atoms with Gasteiger partial charge in [0.2, 0.25) is 10.0 Å². The Hall–Kier alpha value is -0.290. The molecular formula is C13H19Cl2NO2S. The van der Waals surface area contributed by atoms with Crippen molar-refractivity contribution < 1.29 is 8.42 Å². The van der Waals surface area contributed by atoms with Crippen molar-refractivity contribution in [2.24, 2.45) is 0 Å². The monoisotopic (exact) mass is 323 g/mol. The summed E-state index contributed by atoms with van der Waals surface area (Å²) in [6, 6.07) is 5.07. The van der Waals surface area contributed by atoms with Crippen LogP contribution in [0.1, 0.15) is 33.3 Å². The van der Waals surface area contributed by atoms with Crippen molar-refractivity contribution in [3.63, 3.8) is 0 Å². The summed E-state index contributed by atoms with van der Waals surface area (Å²) in [5, 5.41) is 0.454. The highest BCUT2D eigenvalue weighted by Crippen LogP contribution is 2.25. The molecule has 0 bridgehead atoms. The molecule has 0 unspecified atom stereocenters. The Morgan fingerprint density at radius 2 is 1.68 bits per heavy atom. The van der Waals surface area contributed by atoms with Crippen LogP contribution in [0, 0.1) is 0 Å². The zero-order valence-corrected chi connectivity index (χ0v) is 13.9. The van der Waals surface area contributed by atoms with Crippen LogP contribution in [0.15, 0.2) is 18.2 Å². The van der Waals surface area contributed by atoms with E-state index >= 15 is 0 Å². The van der Waals surface area contributed by atoms with Gasteiger partial charge in [0.15, 0.2) is 0 Å². The Bertz CT molecular complexity index is 542. The van der Waals surface area contributed by atoms with E-state index in [0.29, 0.717) is 16.6 Å². The molecule has 1 aromatic carbocycles. The highest BCUT2D eigenvalue weighted by Gasteiger charge is 2.28. The summed E-state index contributed by atoms with van der Waals surface area (Å²) in [5.41, 5.74) is 0.826. The molecule has 0 atom stereocenters. The molecule has 3 nitrogen and oxygen atoms in total. The lowest BCUT2D eigenvalue weighted by Crippen LogP contribution is -2.40. The van der Waals surface area contributed by atoms with Gasteiger partial charge in [-0.2, -0.15) is 4.31 Å². The molecule has 19 heavy (non-hydrogen) atoms. The summed E-state index contributed by atoms with van der Waals surface area (Å²) in [7, 11) is -3.30. The fourth-order valence-electron chi connectivity index (χ4n) is 1.66. The molecule has 0 aromatic heterocycles. The third-order valence-corrected chi connectivity index (χ3v) is 5.96. The zero-order valence-electron chi connectivity index (χ0n) is 11.5. The zero-order chi connectivity index (χ0) is 14.8. The van der Waals surface area contributed by atoms with E-state index in [1.54, 1.807) is 32.0 Å². The van der Waals surface area contributed by atoms with Crippen molar-refractivity contribution in [2.45, 2.75) is 45.5 Å². The number of nitrogens with zero attached hydrogens (tertiary/aromatic N) is 1. The van der Waals surface area contributed by atoms with Gasteiger partial charge < -0.3 is 0 Å². The van der Waals surface area contributed by atoms with Crippen LogP contribution in [0.4, 0.5) is 0 Å². The lowest BCUT2D eigenvalue weighted by molar-refractivity contribution is 0.344. The predicted octanol–water partition coefficient (Wildman–Crippen LogP) is 3.94. The van der Waals surface area contributed by atoms with Gasteiger partial charge in [0.1, 0.15) is 0 Å². The van der Waals surface area contributed by atoms with Crippen molar-refractivity contribution in [2.75, 3.05) is 0 Å². The molecule has 1 rings (SSSR count). The van der Waals surface area contributed by atoms with E-state index in [1.807, 2.05) is 13.8 Å². The van der Waals surface area contributed by atoms with E-state index in [1.165, 1.54) is 4.31 Å². The molecule has 0 saturated heterocycles. The van der Waals surface area contributed by atoms with Gasteiger partial charge >= 0.3 is 0 Å². The third kappa shape index (κ3) is 4.09. The number of rotatable bonds is 5. The molecule has 0 spiro atoms. The molecule has 0 fully saturated rings. The Kier molecular flexibility index (Phi) is 5.68. The molecule has 0 amide bonds. The molecule has 0 radical (unpaired) electrons. The van der Waals surface area contributed by atoms with Crippen LogP contribution in [-0.4, -0.2) is 24.0 Å². The van der Waals surface area contributed by atoms with Crippen LogP contribution in [0.3, 0.4) is 0 Å². The van der Waals surface area contributed by atoms with Gasteiger partial charge in [0.25, 0.3) is 0 Å². The summed E-state index contributed by atoms with van der Waals surface area (Å²) in [4.78, 5) is 0. The second-order valence-electron chi connectivity index (χ2n) is 4.98. The van der Waals surface area contributed by atoms with Crippen molar-refractivity contribution in [3.05, 3.63) is 33.8 Å². The second-order valence-corrected chi connectivity index (χ2v) is 8.24. The predicted molar refractivity (Wildman–Crippen MR) is 81.2 cm³/mol. The van der Waals surface area contributed by atoms with Crippen molar-refractivity contribution in [3.8, 4) is 0 Å². The number of sulfonamides is 1. The normalized spacial score (nSPS) is 12.7. The molecule has 1 aromatic rings. The Labute approximate surface area is 125 Å². The number of hydrogen-bond donors (Lipinski definition) is 0. The molecule has 0 aliphatic heterocycles. The molecular weight excluding hydrogens is 305 g/mol. The summed E-state index contributed by atoms with van der Waals surface area (Å²) < 4.78 is 26.1. The van der Waals surface area contributed by atoms with Gasteiger partial charge in [-0.25, -0.2) is 8.42 Å². The van der Waals surface area contributed by atoms with Gasteiger partial charge in [0, 0.05) is 12.6 Å². The van der Waals surface area contributed by atoms with Crippen molar-refractivity contribution in [1.82, 2.24) is 4.31 Å². The average molecular weight is 324 g/mol. The minimum absolute atomic E-state index is 0.109. The first-order valence-electron chi connectivity index (χ1n) is 6.10. The Balaban J connectivity index is 3.07. The summed E-state index contributed by atoms with van der Waals surface area (Å²) >= 11 is 11.8. The maximum atomic E-state index is 12.3. The Morgan fingerprint density at radius 1 is 1.11 bits per heavy atom. The first-order valence-corrected chi connectivity index (χ1v) is 8.36. The van der Waals surface area contributed by atoms with E-state index in [9.17, 15) is 8.42 Å². The topological polar surface area (TPSA) is 37.4 Å². The van der Waals surface area contributed by atoms with E-state index in [2.05, 4.69) is 0 Å². The average Bonchev–Trinajstić information content (AvgIpc) is 2.29. The van der Waals surface area contributed by atoms with E-state index in [0.717, 1.165) is 5.56 Å². The summed E-state index contributed by atoms with van der Waals surface area (Å²) in [5.74, 6) is 0. The van der Waals surface area contributed by atoms with Crippen LogP contribution in [-0.2, 0) is 16.6 Å². The van der Waals surface area contributed by atoms with Gasteiger partial charge in [-0.15, -0.1) is 0 Å². The fourth-order valence-corrected chi connectivity index (χ4v) is 3.43. The van der Waals surface area contributed by atoms with Crippen molar-refractivity contribution >= 4 is 33.2 Å². The number of halogens is 2.